The zero-order chi connectivity index (χ0) is 14.4. The molecular formula is C16H25N3O. The Hall–Kier alpha value is -1.55. The van der Waals surface area contributed by atoms with Crippen molar-refractivity contribution in [3.63, 3.8) is 0 Å². The third kappa shape index (κ3) is 4.53. The molecule has 1 unspecified atom stereocenters. The molecule has 1 saturated heterocycles. The van der Waals surface area contributed by atoms with Gasteiger partial charge in [-0.3, -0.25) is 0 Å². The summed E-state index contributed by atoms with van der Waals surface area (Å²) in [6.07, 6.45) is 2.22. The number of urea groups is 1. The first-order valence-electron chi connectivity index (χ1n) is 7.49. The molecule has 1 aromatic carbocycles. The molecule has 1 aromatic rings. The van der Waals surface area contributed by atoms with E-state index >= 15 is 0 Å². The number of rotatable bonds is 4. The van der Waals surface area contributed by atoms with Crippen molar-refractivity contribution in [2.45, 2.75) is 32.7 Å². The molecule has 0 radical (unpaired) electrons. The van der Waals surface area contributed by atoms with Gasteiger partial charge in [-0.1, -0.05) is 32.0 Å². The molecule has 110 valence electrons. The van der Waals surface area contributed by atoms with Crippen molar-refractivity contribution in [1.29, 1.82) is 0 Å². The minimum absolute atomic E-state index is 0.00671. The molecule has 1 fully saturated rings. The van der Waals surface area contributed by atoms with Gasteiger partial charge in [0.1, 0.15) is 0 Å². The number of amides is 2. The van der Waals surface area contributed by atoms with Gasteiger partial charge in [-0.25, -0.2) is 4.79 Å². The Labute approximate surface area is 121 Å². The maximum absolute atomic E-state index is 12.2. The highest BCUT2D eigenvalue weighted by Crippen LogP contribution is 2.13. The fourth-order valence-corrected chi connectivity index (χ4v) is 2.45. The van der Waals surface area contributed by atoms with E-state index in [2.05, 4.69) is 24.5 Å². The van der Waals surface area contributed by atoms with Crippen LogP contribution >= 0.6 is 0 Å². The first kappa shape index (κ1) is 14.9. The summed E-state index contributed by atoms with van der Waals surface area (Å²) in [6, 6.07) is 10.1. The number of nitrogens with one attached hydrogen (secondary N) is 2. The first-order chi connectivity index (χ1) is 9.65. The number of para-hydroxylation sites is 1. The van der Waals surface area contributed by atoms with E-state index in [1.54, 1.807) is 0 Å². The molecule has 1 aliphatic rings. The fourth-order valence-electron chi connectivity index (χ4n) is 2.45. The van der Waals surface area contributed by atoms with Crippen LogP contribution in [0.4, 0.5) is 10.5 Å². The van der Waals surface area contributed by atoms with Crippen LogP contribution in [0.3, 0.4) is 0 Å². The molecule has 0 saturated carbocycles. The predicted octanol–water partition coefficient (Wildman–Crippen LogP) is 2.93. The van der Waals surface area contributed by atoms with Crippen molar-refractivity contribution in [2.75, 3.05) is 25.0 Å². The number of carbonyl (C=O) groups is 1. The molecular weight excluding hydrogens is 250 g/mol. The number of anilines is 1. The number of nitrogens with zero attached hydrogens (tertiary/aromatic N) is 1. The molecule has 1 aliphatic heterocycles. The molecule has 1 atom stereocenters. The van der Waals surface area contributed by atoms with E-state index in [0.717, 1.165) is 38.2 Å². The first-order valence-corrected chi connectivity index (χ1v) is 7.49. The van der Waals surface area contributed by atoms with Gasteiger partial charge in [0.15, 0.2) is 0 Å². The Morgan fingerprint density at radius 3 is 2.80 bits per heavy atom. The lowest BCUT2D eigenvalue weighted by molar-refractivity contribution is 0.184. The highest BCUT2D eigenvalue weighted by Gasteiger charge is 2.23. The second-order valence-electron chi connectivity index (χ2n) is 5.88. The average molecular weight is 275 g/mol. The Morgan fingerprint density at radius 1 is 1.35 bits per heavy atom. The molecule has 0 aliphatic carbocycles. The third-order valence-corrected chi connectivity index (χ3v) is 3.55. The topological polar surface area (TPSA) is 44.4 Å². The highest BCUT2D eigenvalue weighted by atomic mass is 16.2. The Kier molecular flexibility index (Phi) is 5.41. The standard InChI is InChI=1S/C16H25N3O/c1-13(2)11-17-15-9-6-10-19(12-15)16(20)18-14-7-4-3-5-8-14/h3-5,7-8,13,15,17H,6,9-12H2,1-2H3,(H,18,20). The SMILES string of the molecule is CC(C)CNC1CCCN(C(=O)Nc2ccccc2)C1. The van der Waals surface area contributed by atoms with Crippen LogP contribution in [-0.2, 0) is 0 Å². The van der Waals surface area contributed by atoms with Gasteiger partial charge in [0.2, 0.25) is 0 Å². The number of piperidine rings is 1. The van der Waals surface area contributed by atoms with E-state index in [-0.39, 0.29) is 6.03 Å². The summed E-state index contributed by atoms with van der Waals surface area (Å²) in [5, 5.41) is 6.50. The van der Waals surface area contributed by atoms with Gasteiger partial charge in [0, 0.05) is 24.8 Å². The van der Waals surface area contributed by atoms with Crippen LogP contribution in [0.25, 0.3) is 0 Å². The van der Waals surface area contributed by atoms with E-state index in [0.29, 0.717) is 12.0 Å². The van der Waals surface area contributed by atoms with E-state index in [4.69, 9.17) is 0 Å². The van der Waals surface area contributed by atoms with Gasteiger partial charge in [-0.2, -0.15) is 0 Å². The lowest BCUT2D eigenvalue weighted by Gasteiger charge is -2.33. The number of hydrogen-bond donors (Lipinski definition) is 2. The second kappa shape index (κ2) is 7.29. The molecule has 0 aromatic heterocycles. The minimum Gasteiger partial charge on any atom is -0.323 e. The average Bonchev–Trinajstić information content (AvgIpc) is 2.46. The summed E-state index contributed by atoms with van der Waals surface area (Å²) in [7, 11) is 0. The predicted molar refractivity (Wildman–Crippen MR) is 82.9 cm³/mol. The Balaban J connectivity index is 1.83. The Morgan fingerprint density at radius 2 is 2.10 bits per heavy atom. The fraction of sp³-hybridized carbons (Fsp3) is 0.562. The normalized spacial score (nSPS) is 19.1. The summed E-state index contributed by atoms with van der Waals surface area (Å²) in [5.41, 5.74) is 0.856. The number of hydrogen-bond acceptors (Lipinski definition) is 2. The summed E-state index contributed by atoms with van der Waals surface area (Å²) in [5.74, 6) is 0.642. The van der Waals surface area contributed by atoms with Gasteiger partial charge in [-0.15, -0.1) is 0 Å². The molecule has 2 rings (SSSR count). The molecule has 2 N–H and O–H groups in total. The molecule has 4 nitrogen and oxygen atoms in total. The van der Waals surface area contributed by atoms with Crippen LogP contribution in [0.5, 0.6) is 0 Å². The van der Waals surface area contributed by atoms with Crippen molar-refractivity contribution >= 4 is 11.7 Å². The van der Waals surface area contributed by atoms with Crippen LogP contribution in [0.1, 0.15) is 26.7 Å². The van der Waals surface area contributed by atoms with Crippen LogP contribution in [0.2, 0.25) is 0 Å². The smallest absolute Gasteiger partial charge is 0.321 e. The zero-order valence-electron chi connectivity index (χ0n) is 12.4. The van der Waals surface area contributed by atoms with Crippen molar-refractivity contribution < 1.29 is 4.79 Å². The van der Waals surface area contributed by atoms with E-state index in [1.165, 1.54) is 0 Å². The largest absolute Gasteiger partial charge is 0.323 e. The van der Waals surface area contributed by atoms with Gasteiger partial charge in [-0.05, 0) is 37.4 Å². The molecule has 0 spiro atoms. The highest BCUT2D eigenvalue weighted by molar-refractivity contribution is 5.89. The van der Waals surface area contributed by atoms with E-state index < -0.39 is 0 Å². The van der Waals surface area contributed by atoms with Crippen LogP contribution in [-0.4, -0.2) is 36.6 Å². The summed E-state index contributed by atoms with van der Waals surface area (Å²) in [6.45, 7) is 7.06. The number of carbonyl (C=O) groups excluding carboxylic acids is 1. The summed E-state index contributed by atoms with van der Waals surface area (Å²) < 4.78 is 0. The zero-order valence-corrected chi connectivity index (χ0v) is 12.4. The van der Waals surface area contributed by atoms with Gasteiger partial charge < -0.3 is 15.5 Å². The maximum Gasteiger partial charge on any atom is 0.321 e. The van der Waals surface area contributed by atoms with Gasteiger partial charge in [0.05, 0.1) is 0 Å². The lowest BCUT2D eigenvalue weighted by atomic mass is 10.1. The van der Waals surface area contributed by atoms with Crippen molar-refractivity contribution in [3.05, 3.63) is 30.3 Å². The minimum atomic E-state index is 0.00671. The lowest BCUT2D eigenvalue weighted by Crippen LogP contribution is -2.49. The molecule has 0 bridgehead atoms. The van der Waals surface area contributed by atoms with Gasteiger partial charge >= 0.3 is 6.03 Å². The summed E-state index contributed by atoms with van der Waals surface area (Å²) in [4.78, 5) is 14.1. The van der Waals surface area contributed by atoms with Crippen LogP contribution in [0, 0.1) is 5.92 Å². The second-order valence-corrected chi connectivity index (χ2v) is 5.88. The van der Waals surface area contributed by atoms with E-state index in [1.807, 2.05) is 35.2 Å². The van der Waals surface area contributed by atoms with Crippen molar-refractivity contribution in [1.82, 2.24) is 10.2 Å². The van der Waals surface area contributed by atoms with Crippen LogP contribution in [0.15, 0.2) is 30.3 Å². The Bertz CT molecular complexity index is 419. The molecule has 4 heteroatoms. The van der Waals surface area contributed by atoms with E-state index in [9.17, 15) is 4.79 Å². The quantitative estimate of drug-likeness (QED) is 0.887. The third-order valence-electron chi connectivity index (χ3n) is 3.55. The number of benzene rings is 1. The molecule has 1 heterocycles. The molecule has 2 amide bonds. The van der Waals surface area contributed by atoms with Gasteiger partial charge in [0.25, 0.3) is 0 Å². The maximum atomic E-state index is 12.2. The van der Waals surface area contributed by atoms with Crippen molar-refractivity contribution in [3.8, 4) is 0 Å². The van der Waals surface area contributed by atoms with Crippen LogP contribution < -0.4 is 10.6 Å². The van der Waals surface area contributed by atoms with Crippen molar-refractivity contribution in [2.24, 2.45) is 5.92 Å². The number of likely N-dealkylation sites (tertiary alicyclic amines) is 1. The summed E-state index contributed by atoms with van der Waals surface area (Å²) >= 11 is 0. The monoisotopic (exact) mass is 275 g/mol. The molecule has 20 heavy (non-hydrogen) atoms.